The molecule has 116 valence electrons. The number of carbonyl (C=O) groups excluding carboxylic acids is 1. The highest BCUT2D eigenvalue weighted by Crippen LogP contribution is 2.17. The van der Waals surface area contributed by atoms with E-state index in [1.807, 2.05) is 49.3 Å². The number of nitrogens with zero attached hydrogens (tertiary/aromatic N) is 1. The fourth-order valence-electron chi connectivity index (χ4n) is 2.23. The summed E-state index contributed by atoms with van der Waals surface area (Å²) in [4.78, 5) is 14.0. The van der Waals surface area contributed by atoms with Gasteiger partial charge in [-0.1, -0.05) is 30.3 Å². The lowest BCUT2D eigenvalue weighted by atomic mass is 10.1. The highest BCUT2D eigenvalue weighted by Gasteiger charge is 2.17. The van der Waals surface area contributed by atoms with Gasteiger partial charge in [-0.3, -0.25) is 4.79 Å². The molecule has 5 heteroatoms. The first-order valence-corrected chi connectivity index (χ1v) is 6.93. The molecule has 2 aromatic rings. The van der Waals surface area contributed by atoms with Gasteiger partial charge in [0.2, 0.25) is 0 Å². The Kier molecular flexibility index (Phi) is 5.22. The summed E-state index contributed by atoms with van der Waals surface area (Å²) in [6.45, 7) is 0.297. The van der Waals surface area contributed by atoms with E-state index in [-0.39, 0.29) is 11.6 Å². The van der Waals surface area contributed by atoms with Crippen LogP contribution < -0.4 is 5.32 Å². The molecule has 0 aliphatic rings. The highest BCUT2D eigenvalue weighted by molar-refractivity contribution is 5.94. The molecule has 3 nitrogen and oxygen atoms in total. The predicted molar refractivity (Wildman–Crippen MR) is 81.6 cm³/mol. The molecule has 0 radical (unpaired) electrons. The van der Waals surface area contributed by atoms with Crippen LogP contribution in [-0.2, 0) is 0 Å². The second-order valence-corrected chi connectivity index (χ2v) is 5.22. The largest absolute Gasteiger partial charge is 0.350 e. The van der Waals surface area contributed by atoms with E-state index >= 15 is 0 Å². The first-order valence-electron chi connectivity index (χ1n) is 6.93. The molecule has 0 aliphatic heterocycles. The summed E-state index contributed by atoms with van der Waals surface area (Å²) < 4.78 is 26.7. The minimum Gasteiger partial charge on any atom is -0.350 e. The van der Waals surface area contributed by atoms with Gasteiger partial charge in [0.1, 0.15) is 11.6 Å². The molecule has 0 fully saturated rings. The standard InChI is InChI=1S/C17H18F2N2O/c1-21(2)16(12-6-4-3-5-7-12)11-20-17(22)14-10-13(18)8-9-15(14)19/h3-10,16H,11H2,1-2H3,(H,20,22). The Morgan fingerprint density at radius 3 is 2.45 bits per heavy atom. The van der Waals surface area contributed by atoms with Crippen molar-refractivity contribution in [3.63, 3.8) is 0 Å². The van der Waals surface area contributed by atoms with Gasteiger partial charge in [0.15, 0.2) is 0 Å². The molecule has 0 aliphatic carbocycles. The van der Waals surface area contributed by atoms with Gasteiger partial charge in [-0.25, -0.2) is 8.78 Å². The number of hydrogen-bond donors (Lipinski definition) is 1. The maximum Gasteiger partial charge on any atom is 0.254 e. The van der Waals surface area contributed by atoms with Crippen molar-refractivity contribution in [1.82, 2.24) is 10.2 Å². The first-order chi connectivity index (χ1) is 10.5. The van der Waals surface area contributed by atoms with Crippen LogP contribution in [0.3, 0.4) is 0 Å². The molecule has 0 aromatic heterocycles. The normalized spacial score (nSPS) is 12.2. The summed E-state index contributed by atoms with van der Waals surface area (Å²) in [5.41, 5.74) is 0.748. The maximum atomic E-state index is 13.6. The van der Waals surface area contributed by atoms with Gasteiger partial charge >= 0.3 is 0 Å². The monoisotopic (exact) mass is 304 g/mol. The van der Waals surface area contributed by atoms with E-state index in [2.05, 4.69) is 5.32 Å². The SMILES string of the molecule is CN(C)C(CNC(=O)c1cc(F)ccc1F)c1ccccc1. The zero-order valence-corrected chi connectivity index (χ0v) is 12.5. The predicted octanol–water partition coefficient (Wildman–Crippen LogP) is 3.00. The Morgan fingerprint density at radius 1 is 1.14 bits per heavy atom. The average Bonchev–Trinajstić information content (AvgIpc) is 2.50. The fraction of sp³-hybridized carbons (Fsp3) is 0.235. The Labute approximate surface area is 128 Å². The van der Waals surface area contributed by atoms with Crippen molar-refractivity contribution in [3.8, 4) is 0 Å². The Hall–Kier alpha value is -2.27. The summed E-state index contributed by atoms with van der Waals surface area (Å²) in [6.07, 6.45) is 0. The Balaban J connectivity index is 2.10. The molecule has 0 saturated carbocycles. The summed E-state index contributed by atoms with van der Waals surface area (Å²) in [5.74, 6) is -2.00. The molecule has 1 unspecified atom stereocenters. The number of amides is 1. The number of nitrogens with one attached hydrogen (secondary N) is 1. The molecule has 2 rings (SSSR count). The van der Waals surface area contributed by atoms with Crippen LogP contribution in [0.5, 0.6) is 0 Å². The molecule has 0 bridgehead atoms. The van der Waals surface area contributed by atoms with Crippen molar-refractivity contribution in [2.45, 2.75) is 6.04 Å². The van der Waals surface area contributed by atoms with E-state index in [9.17, 15) is 13.6 Å². The quantitative estimate of drug-likeness (QED) is 0.921. The van der Waals surface area contributed by atoms with Crippen LogP contribution >= 0.6 is 0 Å². The lowest BCUT2D eigenvalue weighted by Crippen LogP contribution is -2.34. The molecule has 0 saturated heterocycles. The van der Waals surface area contributed by atoms with Crippen LogP contribution in [-0.4, -0.2) is 31.4 Å². The average molecular weight is 304 g/mol. The van der Waals surface area contributed by atoms with Gasteiger partial charge in [-0.05, 0) is 37.9 Å². The van der Waals surface area contributed by atoms with Crippen molar-refractivity contribution in [3.05, 3.63) is 71.3 Å². The number of likely N-dealkylation sites (N-methyl/N-ethyl adjacent to an activating group) is 1. The third-order valence-electron chi connectivity index (χ3n) is 3.44. The summed E-state index contributed by atoms with van der Waals surface area (Å²) in [7, 11) is 3.79. The van der Waals surface area contributed by atoms with Gasteiger partial charge in [0.25, 0.3) is 5.91 Å². The van der Waals surface area contributed by atoms with Crippen LogP contribution in [0.4, 0.5) is 8.78 Å². The van der Waals surface area contributed by atoms with Crippen LogP contribution in [0.2, 0.25) is 0 Å². The van der Waals surface area contributed by atoms with Crippen molar-refractivity contribution in [2.75, 3.05) is 20.6 Å². The van der Waals surface area contributed by atoms with E-state index in [0.29, 0.717) is 6.54 Å². The molecule has 1 N–H and O–H groups in total. The number of hydrogen-bond acceptors (Lipinski definition) is 2. The molecule has 22 heavy (non-hydrogen) atoms. The van der Waals surface area contributed by atoms with E-state index in [1.54, 1.807) is 0 Å². The third-order valence-corrected chi connectivity index (χ3v) is 3.44. The fourth-order valence-corrected chi connectivity index (χ4v) is 2.23. The summed E-state index contributed by atoms with van der Waals surface area (Å²) >= 11 is 0. The third kappa shape index (κ3) is 3.89. The number of benzene rings is 2. The van der Waals surface area contributed by atoms with Gasteiger partial charge in [-0.2, -0.15) is 0 Å². The summed E-state index contributed by atoms with van der Waals surface area (Å²) in [6, 6.07) is 12.4. The molecular weight excluding hydrogens is 286 g/mol. The summed E-state index contributed by atoms with van der Waals surface area (Å²) in [5, 5.41) is 2.66. The highest BCUT2D eigenvalue weighted by atomic mass is 19.1. The van der Waals surface area contributed by atoms with Crippen molar-refractivity contribution >= 4 is 5.91 Å². The number of rotatable bonds is 5. The lowest BCUT2D eigenvalue weighted by Gasteiger charge is -2.25. The number of halogens is 2. The van der Waals surface area contributed by atoms with Gasteiger partial charge in [0, 0.05) is 6.54 Å². The Bertz CT molecular complexity index is 644. The van der Waals surface area contributed by atoms with Crippen molar-refractivity contribution in [2.24, 2.45) is 0 Å². The molecule has 1 atom stereocenters. The number of carbonyl (C=O) groups is 1. The van der Waals surface area contributed by atoms with Crippen molar-refractivity contribution < 1.29 is 13.6 Å². The lowest BCUT2D eigenvalue weighted by molar-refractivity contribution is 0.0937. The van der Waals surface area contributed by atoms with Crippen LogP contribution in [0.15, 0.2) is 48.5 Å². The van der Waals surface area contributed by atoms with E-state index in [1.165, 1.54) is 0 Å². The molecule has 2 aromatic carbocycles. The van der Waals surface area contributed by atoms with Gasteiger partial charge in [0.05, 0.1) is 11.6 Å². The second-order valence-electron chi connectivity index (χ2n) is 5.22. The molecular formula is C17H18F2N2O. The second kappa shape index (κ2) is 7.13. The smallest absolute Gasteiger partial charge is 0.254 e. The topological polar surface area (TPSA) is 32.3 Å². The van der Waals surface area contributed by atoms with E-state index in [0.717, 1.165) is 23.8 Å². The van der Waals surface area contributed by atoms with E-state index < -0.39 is 17.5 Å². The Morgan fingerprint density at radius 2 is 1.82 bits per heavy atom. The van der Waals surface area contributed by atoms with Crippen LogP contribution in [0, 0.1) is 11.6 Å². The first kappa shape index (κ1) is 16.1. The van der Waals surface area contributed by atoms with Gasteiger partial charge < -0.3 is 10.2 Å². The minimum atomic E-state index is -0.736. The zero-order chi connectivity index (χ0) is 16.1. The van der Waals surface area contributed by atoms with E-state index in [4.69, 9.17) is 0 Å². The zero-order valence-electron chi connectivity index (χ0n) is 12.5. The minimum absolute atomic E-state index is 0.0539. The van der Waals surface area contributed by atoms with Crippen LogP contribution in [0.25, 0.3) is 0 Å². The van der Waals surface area contributed by atoms with Gasteiger partial charge in [-0.15, -0.1) is 0 Å². The molecule has 0 heterocycles. The molecule has 0 spiro atoms. The van der Waals surface area contributed by atoms with Crippen molar-refractivity contribution in [1.29, 1.82) is 0 Å². The van der Waals surface area contributed by atoms with Crippen LogP contribution in [0.1, 0.15) is 22.0 Å². The molecule has 1 amide bonds. The maximum absolute atomic E-state index is 13.6.